The van der Waals surface area contributed by atoms with Crippen molar-refractivity contribution in [1.29, 1.82) is 0 Å². The minimum atomic E-state index is 0.0792. The van der Waals surface area contributed by atoms with Crippen LogP contribution in [-0.2, 0) is 17.8 Å². The molecule has 1 aromatic heterocycles. The predicted octanol–water partition coefficient (Wildman–Crippen LogP) is 2.23. The number of rotatable bonds is 2. The summed E-state index contributed by atoms with van der Waals surface area (Å²) in [6.45, 7) is 1.04. The largest absolute Gasteiger partial charge is 0.310 e. The van der Waals surface area contributed by atoms with Crippen molar-refractivity contribution in [2.45, 2.75) is 13.0 Å². The first-order chi connectivity index (χ1) is 8.74. The summed E-state index contributed by atoms with van der Waals surface area (Å²) in [6, 6.07) is 8.05. The number of hydrogen-bond donors (Lipinski definition) is 0. The van der Waals surface area contributed by atoms with Gasteiger partial charge in [-0.1, -0.05) is 18.2 Å². The van der Waals surface area contributed by atoms with Gasteiger partial charge in [0, 0.05) is 18.4 Å². The van der Waals surface area contributed by atoms with Crippen molar-refractivity contribution in [1.82, 2.24) is 9.78 Å². The van der Waals surface area contributed by atoms with Crippen LogP contribution in [0.25, 0.3) is 0 Å². The Hall–Kier alpha value is -1.62. The summed E-state index contributed by atoms with van der Waals surface area (Å²) in [5.74, 6) is 0.0792. The molecular weight excluding hydrogens is 294 g/mol. The molecule has 0 N–H and O–H groups in total. The maximum atomic E-state index is 12.2. The van der Waals surface area contributed by atoms with Crippen LogP contribution in [0.4, 0.5) is 5.69 Å². The van der Waals surface area contributed by atoms with Crippen LogP contribution in [0.2, 0.25) is 0 Å². The number of para-hydroxylation sites is 1. The van der Waals surface area contributed by atoms with Crippen LogP contribution >= 0.6 is 15.9 Å². The molecule has 2 heterocycles. The third-order valence-corrected chi connectivity index (χ3v) is 3.50. The summed E-state index contributed by atoms with van der Waals surface area (Å²) < 4.78 is 2.53. The Labute approximate surface area is 113 Å². The smallest absolute Gasteiger partial charge is 0.248 e. The van der Waals surface area contributed by atoms with Crippen LogP contribution in [0.5, 0.6) is 0 Å². The van der Waals surface area contributed by atoms with Crippen molar-refractivity contribution in [2.24, 2.45) is 0 Å². The van der Waals surface area contributed by atoms with Gasteiger partial charge in [-0.2, -0.15) is 5.10 Å². The normalized spacial score (nSPS) is 13.7. The van der Waals surface area contributed by atoms with Crippen LogP contribution < -0.4 is 4.90 Å². The van der Waals surface area contributed by atoms with Crippen LogP contribution in [0.3, 0.4) is 0 Å². The summed E-state index contributed by atoms with van der Waals surface area (Å²) in [5, 5.41) is 4.11. The van der Waals surface area contributed by atoms with Crippen molar-refractivity contribution in [2.75, 3.05) is 11.4 Å². The molecule has 0 radical (unpaired) electrons. The number of halogens is 1. The number of nitrogens with zero attached hydrogens (tertiary/aromatic N) is 3. The van der Waals surface area contributed by atoms with Gasteiger partial charge in [-0.15, -0.1) is 0 Å². The maximum absolute atomic E-state index is 12.2. The number of fused-ring (bicyclic) bond motifs is 1. The maximum Gasteiger partial charge on any atom is 0.248 e. The average Bonchev–Trinajstić information content (AvgIpc) is 2.95. The average molecular weight is 306 g/mol. The molecule has 0 saturated heterocycles. The van der Waals surface area contributed by atoms with Gasteiger partial charge in [0.25, 0.3) is 0 Å². The van der Waals surface area contributed by atoms with Crippen molar-refractivity contribution < 1.29 is 4.79 Å². The van der Waals surface area contributed by atoms with E-state index < -0.39 is 0 Å². The van der Waals surface area contributed by atoms with Gasteiger partial charge in [-0.25, -0.2) is 0 Å². The number of carbonyl (C=O) groups excluding carboxylic acids is 1. The third-order valence-electron chi connectivity index (χ3n) is 3.09. The lowest BCUT2D eigenvalue weighted by atomic mass is 10.2. The summed E-state index contributed by atoms with van der Waals surface area (Å²) in [7, 11) is 0. The van der Waals surface area contributed by atoms with Gasteiger partial charge in [0.2, 0.25) is 5.91 Å². The number of amides is 1. The third kappa shape index (κ3) is 2.06. The van der Waals surface area contributed by atoms with Crippen LogP contribution in [0.15, 0.2) is 41.1 Å². The molecule has 0 unspecified atom stereocenters. The van der Waals surface area contributed by atoms with Crippen molar-refractivity contribution in [3.63, 3.8) is 0 Å². The molecule has 0 aliphatic carbocycles. The summed E-state index contributed by atoms with van der Waals surface area (Å²) in [6.07, 6.45) is 4.43. The van der Waals surface area contributed by atoms with E-state index in [-0.39, 0.29) is 12.5 Å². The van der Waals surface area contributed by atoms with Gasteiger partial charge in [-0.05, 0) is 34.0 Å². The molecule has 0 atom stereocenters. The lowest BCUT2D eigenvalue weighted by molar-refractivity contribution is -0.119. The summed E-state index contributed by atoms with van der Waals surface area (Å²) in [4.78, 5) is 14.1. The van der Waals surface area contributed by atoms with Gasteiger partial charge in [-0.3, -0.25) is 9.48 Å². The highest BCUT2D eigenvalue weighted by Crippen LogP contribution is 2.27. The molecule has 4 nitrogen and oxygen atoms in total. The van der Waals surface area contributed by atoms with Gasteiger partial charge in [0.1, 0.15) is 6.54 Å². The molecule has 2 aromatic rings. The van der Waals surface area contributed by atoms with Gasteiger partial charge in [0.15, 0.2) is 0 Å². The highest BCUT2D eigenvalue weighted by atomic mass is 79.9. The zero-order valence-electron chi connectivity index (χ0n) is 9.71. The van der Waals surface area contributed by atoms with Crippen molar-refractivity contribution >= 4 is 27.5 Å². The molecule has 92 valence electrons. The van der Waals surface area contributed by atoms with E-state index in [1.807, 2.05) is 23.1 Å². The second-order valence-electron chi connectivity index (χ2n) is 4.28. The topological polar surface area (TPSA) is 38.1 Å². The number of aromatic nitrogens is 2. The van der Waals surface area contributed by atoms with E-state index in [4.69, 9.17) is 0 Å². The Morgan fingerprint density at radius 2 is 2.22 bits per heavy atom. The minimum Gasteiger partial charge on any atom is -0.310 e. The van der Waals surface area contributed by atoms with E-state index in [2.05, 4.69) is 27.1 Å². The van der Waals surface area contributed by atoms with E-state index in [0.29, 0.717) is 0 Å². The van der Waals surface area contributed by atoms with E-state index in [9.17, 15) is 4.79 Å². The molecule has 0 saturated carbocycles. The van der Waals surface area contributed by atoms with E-state index in [1.54, 1.807) is 17.1 Å². The molecule has 3 rings (SSSR count). The quantitative estimate of drug-likeness (QED) is 0.853. The molecule has 0 bridgehead atoms. The molecule has 1 amide bonds. The SMILES string of the molecule is O=C(Cn1cc(Br)cn1)N1CCc2ccccc21. The number of benzene rings is 1. The Bertz CT molecular complexity index is 593. The first kappa shape index (κ1) is 11.5. The fourth-order valence-corrected chi connectivity index (χ4v) is 2.57. The number of anilines is 1. The zero-order valence-corrected chi connectivity index (χ0v) is 11.3. The highest BCUT2D eigenvalue weighted by Gasteiger charge is 2.24. The number of carbonyl (C=O) groups is 1. The monoisotopic (exact) mass is 305 g/mol. The van der Waals surface area contributed by atoms with Gasteiger partial charge in [0.05, 0.1) is 10.7 Å². The van der Waals surface area contributed by atoms with E-state index in [1.165, 1.54) is 5.56 Å². The van der Waals surface area contributed by atoms with E-state index >= 15 is 0 Å². The second kappa shape index (κ2) is 4.57. The molecule has 5 heteroatoms. The Morgan fingerprint density at radius 1 is 1.39 bits per heavy atom. The standard InChI is InChI=1S/C13H12BrN3O/c14-11-7-15-16(8-11)9-13(18)17-6-5-10-3-1-2-4-12(10)17/h1-4,7-8H,5-6,9H2. The summed E-state index contributed by atoms with van der Waals surface area (Å²) in [5.41, 5.74) is 2.28. The fraction of sp³-hybridized carbons (Fsp3) is 0.231. The molecule has 0 fully saturated rings. The summed E-state index contributed by atoms with van der Waals surface area (Å²) >= 11 is 3.32. The van der Waals surface area contributed by atoms with E-state index in [0.717, 1.165) is 23.1 Å². The predicted molar refractivity (Wildman–Crippen MR) is 72.4 cm³/mol. The highest BCUT2D eigenvalue weighted by molar-refractivity contribution is 9.10. The lowest BCUT2D eigenvalue weighted by Gasteiger charge is -2.17. The fourth-order valence-electron chi connectivity index (χ4n) is 2.25. The van der Waals surface area contributed by atoms with Gasteiger partial charge < -0.3 is 4.90 Å². The lowest BCUT2D eigenvalue weighted by Crippen LogP contribution is -2.32. The molecule has 1 aromatic carbocycles. The van der Waals surface area contributed by atoms with Gasteiger partial charge >= 0.3 is 0 Å². The number of hydrogen-bond acceptors (Lipinski definition) is 2. The van der Waals surface area contributed by atoms with Crippen molar-refractivity contribution in [3.05, 3.63) is 46.7 Å². The molecule has 18 heavy (non-hydrogen) atoms. The minimum absolute atomic E-state index is 0.0792. The first-order valence-electron chi connectivity index (χ1n) is 5.80. The molecule has 1 aliphatic rings. The molecular formula is C13H12BrN3O. The van der Waals surface area contributed by atoms with Crippen molar-refractivity contribution in [3.8, 4) is 0 Å². The van der Waals surface area contributed by atoms with Crippen LogP contribution in [-0.4, -0.2) is 22.2 Å². The molecule has 1 aliphatic heterocycles. The molecule has 0 spiro atoms. The Morgan fingerprint density at radius 3 is 3.00 bits per heavy atom. The van der Waals surface area contributed by atoms with Crippen LogP contribution in [0, 0.1) is 0 Å². The van der Waals surface area contributed by atoms with Crippen LogP contribution in [0.1, 0.15) is 5.56 Å². The Kier molecular flexibility index (Phi) is 2.91. The zero-order chi connectivity index (χ0) is 12.5. The Balaban J connectivity index is 1.78. The first-order valence-corrected chi connectivity index (χ1v) is 6.59. The second-order valence-corrected chi connectivity index (χ2v) is 5.20.